The number of imidazole rings is 1. The van der Waals surface area contributed by atoms with Crippen LogP contribution in [0.25, 0.3) is 17.2 Å². The monoisotopic (exact) mass is 433 g/mol. The summed E-state index contributed by atoms with van der Waals surface area (Å²) < 4.78 is 35.7. The molecule has 0 aliphatic carbocycles. The summed E-state index contributed by atoms with van der Waals surface area (Å²) >= 11 is 0. The maximum Gasteiger partial charge on any atom is 0.303 e. The molecule has 0 atom stereocenters. The van der Waals surface area contributed by atoms with Gasteiger partial charge in [-0.15, -0.1) is 0 Å². The molecule has 3 heterocycles. The van der Waals surface area contributed by atoms with Crippen molar-refractivity contribution < 1.29 is 13.2 Å². The van der Waals surface area contributed by atoms with Crippen molar-refractivity contribution >= 4 is 14.1 Å². The van der Waals surface area contributed by atoms with Crippen molar-refractivity contribution in [2.24, 2.45) is 0 Å². The standard InChI is InChI=1S/C21H29F2N5OSi/c1-7-30(8-2,9-3)29-20(4,5)17-11-13-28-16(14-25-19(28)27-17)15-10-12-24-18(26-15)21(6,22)23/h10-14H,7-9H2,1-6H3. The molecule has 0 radical (unpaired) electrons. The molecule has 0 amide bonds. The average molecular weight is 434 g/mol. The molecule has 30 heavy (non-hydrogen) atoms. The molecule has 0 N–H and O–H groups in total. The number of halogens is 2. The van der Waals surface area contributed by atoms with E-state index in [4.69, 9.17) is 9.41 Å². The van der Waals surface area contributed by atoms with Gasteiger partial charge in [0.1, 0.15) is 0 Å². The highest BCUT2D eigenvalue weighted by Gasteiger charge is 2.37. The Balaban J connectivity index is 1.99. The van der Waals surface area contributed by atoms with E-state index in [1.54, 1.807) is 16.7 Å². The van der Waals surface area contributed by atoms with Crippen LogP contribution in [0.15, 0.2) is 30.7 Å². The molecule has 0 saturated heterocycles. The van der Waals surface area contributed by atoms with E-state index in [0.717, 1.165) is 30.7 Å². The first-order chi connectivity index (χ1) is 14.0. The number of alkyl halides is 2. The van der Waals surface area contributed by atoms with Crippen LogP contribution in [0.5, 0.6) is 0 Å². The highest BCUT2D eigenvalue weighted by Crippen LogP contribution is 2.33. The van der Waals surface area contributed by atoms with Gasteiger partial charge < -0.3 is 4.43 Å². The number of hydrogen-bond donors (Lipinski definition) is 0. The van der Waals surface area contributed by atoms with Crippen LogP contribution in [0.2, 0.25) is 18.1 Å². The summed E-state index contributed by atoms with van der Waals surface area (Å²) in [5, 5.41) is 0. The Kier molecular flexibility index (Phi) is 6.06. The lowest BCUT2D eigenvalue weighted by Crippen LogP contribution is -2.43. The first-order valence-corrected chi connectivity index (χ1v) is 12.8. The molecule has 162 valence electrons. The van der Waals surface area contributed by atoms with Gasteiger partial charge in [-0.25, -0.2) is 19.9 Å². The molecule has 0 fully saturated rings. The fourth-order valence-electron chi connectivity index (χ4n) is 3.67. The Bertz CT molecular complexity index is 1020. The summed E-state index contributed by atoms with van der Waals surface area (Å²) in [6.45, 7) is 11.5. The fraction of sp³-hybridized carbons (Fsp3) is 0.524. The van der Waals surface area contributed by atoms with E-state index in [2.05, 4.69) is 35.7 Å². The van der Waals surface area contributed by atoms with E-state index in [-0.39, 0.29) is 0 Å². The molecule has 0 aromatic carbocycles. The molecule has 3 aromatic heterocycles. The second kappa shape index (κ2) is 8.11. The lowest BCUT2D eigenvalue weighted by atomic mass is 10.1. The Morgan fingerprint density at radius 3 is 2.27 bits per heavy atom. The van der Waals surface area contributed by atoms with Gasteiger partial charge in [0, 0.05) is 19.3 Å². The van der Waals surface area contributed by atoms with E-state index >= 15 is 0 Å². The Morgan fingerprint density at radius 1 is 1.00 bits per heavy atom. The third-order valence-electron chi connectivity index (χ3n) is 5.71. The molecule has 3 rings (SSSR count). The maximum atomic E-state index is 13.6. The highest BCUT2D eigenvalue weighted by molar-refractivity contribution is 6.73. The second-order valence-corrected chi connectivity index (χ2v) is 12.8. The molecule has 0 unspecified atom stereocenters. The van der Waals surface area contributed by atoms with Gasteiger partial charge in [0.25, 0.3) is 0 Å². The Labute approximate surface area is 176 Å². The van der Waals surface area contributed by atoms with E-state index in [0.29, 0.717) is 17.2 Å². The molecule has 0 saturated carbocycles. The van der Waals surface area contributed by atoms with Crippen molar-refractivity contribution in [3.8, 4) is 11.4 Å². The summed E-state index contributed by atoms with van der Waals surface area (Å²) in [6.07, 6.45) is 4.75. The lowest BCUT2D eigenvalue weighted by molar-refractivity contribution is 0.00778. The third-order valence-corrected chi connectivity index (χ3v) is 10.5. The first kappa shape index (κ1) is 22.4. The Hall–Kier alpha value is -2.26. The molecular formula is C21H29F2N5OSi. The topological polar surface area (TPSA) is 65.2 Å². The van der Waals surface area contributed by atoms with Gasteiger partial charge in [-0.2, -0.15) is 8.78 Å². The van der Waals surface area contributed by atoms with Crippen molar-refractivity contribution in [2.45, 2.75) is 71.2 Å². The van der Waals surface area contributed by atoms with Crippen LogP contribution in [-0.2, 0) is 15.9 Å². The Morgan fingerprint density at radius 2 is 1.67 bits per heavy atom. The lowest BCUT2D eigenvalue weighted by Gasteiger charge is -2.37. The van der Waals surface area contributed by atoms with Gasteiger partial charge >= 0.3 is 5.92 Å². The van der Waals surface area contributed by atoms with E-state index in [1.807, 2.05) is 26.1 Å². The van der Waals surface area contributed by atoms with Crippen LogP contribution in [0.4, 0.5) is 8.78 Å². The molecule has 9 heteroatoms. The van der Waals surface area contributed by atoms with Gasteiger partial charge in [0.15, 0.2) is 14.1 Å². The first-order valence-electron chi connectivity index (χ1n) is 10.3. The van der Waals surface area contributed by atoms with Gasteiger partial charge in [0.2, 0.25) is 5.78 Å². The van der Waals surface area contributed by atoms with Crippen LogP contribution < -0.4 is 0 Å². The van der Waals surface area contributed by atoms with Crippen molar-refractivity contribution in [1.82, 2.24) is 24.3 Å². The molecule has 0 bridgehead atoms. The summed E-state index contributed by atoms with van der Waals surface area (Å²) in [4.78, 5) is 16.8. The van der Waals surface area contributed by atoms with Crippen LogP contribution in [0.1, 0.15) is 53.1 Å². The molecule has 3 aromatic rings. The largest absolute Gasteiger partial charge is 0.406 e. The second-order valence-electron chi connectivity index (χ2n) is 8.14. The number of rotatable bonds is 8. The minimum atomic E-state index is -3.11. The van der Waals surface area contributed by atoms with Crippen molar-refractivity contribution in [2.75, 3.05) is 0 Å². The molecule has 0 aliphatic rings. The zero-order valence-corrected chi connectivity index (χ0v) is 19.4. The van der Waals surface area contributed by atoms with Crippen molar-refractivity contribution in [3.63, 3.8) is 0 Å². The zero-order chi connectivity index (χ0) is 22.2. The summed E-state index contributed by atoms with van der Waals surface area (Å²) in [7, 11) is -1.83. The maximum absolute atomic E-state index is 13.6. The number of nitrogens with zero attached hydrogens (tertiary/aromatic N) is 5. The number of aromatic nitrogens is 5. The summed E-state index contributed by atoms with van der Waals surface area (Å²) in [5.41, 5.74) is 1.19. The van der Waals surface area contributed by atoms with Crippen LogP contribution in [0, 0.1) is 0 Å². The average Bonchev–Trinajstić information content (AvgIpc) is 3.15. The number of hydrogen-bond acceptors (Lipinski definition) is 5. The SMILES string of the molecule is CC[Si](CC)(CC)OC(C)(C)c1ccn2c(-c3ccnc(C(C)(F)F)n3)cnc2n1. The molecular weight excluding hydrogens is 404 g/mol. The van der Waals surface area contributed by atoms with Gasteiger partial charge in [-0.05, 0) is 44.1 Å². The van der Waals surface area contributed by atoms with Crippen molar-refractivity contribution in [3.05, 3.63) is 42.2 Å². The predicted octanol–water partition coefficient (Wildman–Crippen LogP) is 5.55. The quantitative estimate of drug-likeness (QED) is 0.436. The predicted molar refractivity (Wildman–Crippen MR) is 115 cm³/mol. The van der Waals surface area contributed by atoms with Crippen LogP contribution >= 0.6 is 0 Å². The molecule has 0 spiro atoms. The van der Waals surface area contributed by atoms with Crippen molar-refractivity contribution in [1.29, 1.82) is 0 Å². The van der Waals surface area contributed by atoms with Gasteiger partial charge in [0.05, 0.1) is 28.9 Å². The van der Waals surface area contributed by atoms with E-state index < -0.39 is 25.7 Å². The van der Waals surface area contributed by atoms with Crippen LogP contribution in [0.3, 0.4) is 0 Å². The number of fused-ring (bicyclic) bond motifs is 1. The minimum absolute atomic E-state index is 0.369. The van der Waals surface area contributed by atoms with Gasteiger partial charge in [-0.3, -0.25) is 4.40 Å². The van der Waals surface area contributed by atoms with Crippen LogP contribution in [-0.4, -0.2) is 32.7 Å². The summed E-state index contributed by atoms with van der Waals surface area (Å²) in [5.74, 6) is -3.16. The third kappa shape index (κ3) is 4.27. The van der Waals surface area contributed by atoms with E-state index in [9.17, 15) is 8.78 Å². The smallest absolute Gasteiger partial charge is 0.303 e. The van der Waals surface area contributed by atoms with Gasteiger partial charge in [-0.1, -0.05) is 20.8 Å². The normalized spacial score (nSPS) is 13.2. The highest BCUT2D eigenvalue weighted by atomic mass is 28.4. The fourth-order valence-corrected chi connectivity index (χ4v) is 6.79. The molecule has 0 aliphatic heterocycles. The molecule has 6 nitrogen and oxygen atoms in total. The van der Waals surface area contributed by atoms with E-state index in [1.165, 1.54) is 6.20 Å². The zero-order valence-electron chi connectivity index (χ0n) is 18.4. The summed E-state index contributed by atoms with van der Waals surface area (Å²) in [6, 6.07) is 6.64. The minimum Gasteiger partial charge on any atom is -0.406 e.